The molecule has 0 unspecified atom stereocenters. The number of hydrogen-bond acceptors (Lipinski definition) is 1. The van der Waals surface area contributed by atoms with Crippen molar-refractivity contribution in [1.82, 2.24) is 9.13 Å². The van der Waals surface area contributed by atoms with E-state index in [1.807, 2.05) is 0 Å². The van der Waals surface area contributed by atoms with Gasteiger partial charge in [0, 0.05) is 50.0 Å². The second kappa shape index (κ2) is 12.6. The Morgan fingerprint density at radius 2 is 0.727 bits per heavy atom. The largest absolute Gasteiger partial charge is 0.310 e. The van der Waals surface area contributed by atoms with Gasteiger partial charge in [0.05, 0.1) is 22.1 Å². The molecule has 0 saturated carbocycles. The van der Waals surface area contributed by atoms with Crippen LogP contribution in [0.4, 0.5) is 17.1 Å². The summed E-state index contributed by atoms with van der Waals surface area (Å²) >= 11 is 0. The molecule has 11 aromatic rings. The SMILES string of the molecule is c1ccc(-c2ccc(N(c3ccc(-n4c5ccccc5c5cc6ccccc6cc54)cc3)c3ccc4c5ccccc5n(-c5ccccc5)c4c3)cc2)cc1. The topological polar surface area (TPSA) is 13.1 Å². The molecule has 3 nitrogen and oxygen atoms in total. The van der Waals surface area contributed by atoms with Crippen molar-refractivity contribution in [3.63, 3.8) is 0 Å². The number of para-hydroxylation sites is 3. The Morgan fingerprint density at radius 3 is 1.40 bits per heavy atom. The average molecular weight is 702 g/mol. The van der Waals surface area contributed by atoms with Crippen molar-refractivity contribution < 1.29 is 0 Å². The molecule has 0 amide bonds. The standard InChI is InChI=1S/C52H35N3/c1-3-13-36(14-4-1)37-23-25-41(26-24-37)53(44-31-32-47-45-19-9-11-21-49(45)54(52(47)35-44)40-17-5-2-6-18-40)42-27-29-43(30-28-42)55-50-22-12-10-20-46(50)48-33-38-15-7-8-16-39(38)34-51(48)55/h1-35H. The second-order valence-electron chi connectivity index (χ2n) is 14.2. The third-order valence-electron chi connectivity index (χ3n) is 11.1. The number of nitrogens with zero attached hydrogens (tertiary/aromatic N) is 3. The summed E-state index contributed by atoms with van der Waals surface area (Å²) in [7, 11) is 0. The molecule has 2 aromatic heterocycles. The Bertz CT molecular complexity index is 3170. The first-order valence-electron chi connectivity index (χ1n) is 18.9. The Balaban J connectivity index is 1.09. The molecule has 0 saturated heterocycles. The van der Waals surface area contributed by atoms with Crippen LogP contribution in [0.5, 0.6) is 0 Å². The third-order valence-corrected chi connectivity index (χ3v) is 11.1. The molecular weight excluding hydrogens is 667 g/mol. The Kier molecular flexibility index (Phi) is 7.17. The molecule has 0 N–H and O–H groups in total. The van der Waals surface area contributed by atoms with Crippen molar-refractivity contribution in [1.29, 1.82) is 0 Å². The first kappa shape index (κ1) is 31.2. The monoisotopic (exact) mass is 701 g/mol. The smallest absolute Gasteiger partial charge is 0.0561 e. The third kappa shape index (κ3) is 5.13. The molecule has 0 spiro atoms. The zero-order valence-electron chi connectivity index (χ0n) is 30.0. The molecule has 0 aliphatic rings. The van der Waals surface area contributed by atoms with Crippen molar-refractivity contribution in [2.45, 2.75) is 0 Å². The molecule has 0 bridgehead atoms. The fraction of sp³-hybridized carbons (Fsp3) is 0. The maximum absolute atomic E-state index is 2.41. The molecule has 0 atom stereocenters. The minimum Gasteiger partial charge on any atom is -0.310 e. The van der Waals surface area contributed by atoms with Crippen LogP contribution in [-0.2, 0) is 0 Å². The van der Waals surface area contributed by atoms with Crippen molar-refractivity contribution in [2.75, 3.05) is 4.90 Å². The van der Waals surface area contributed by atoms with Gasteiger partial charge in [-0.05, 0) is 107 Å². The van der Waals surface area contributed by atoms with E-state index in [0.717, 1.165) is 28.4 Å². The summed E-state index contributed by atoms with van der Waals surface area (Å²) in [5, 5.41) is 7.50. The molecule has 0 aliphatic carbocycles. The van der Waals surface area contributed by atoms with Crippen LogP contribution in [0, 0.1) is 0 Å². The van der Waals surface area contributed by atoms with Crippen LogP contribution in [0.15, 0.2) is 212 Å². The minimum absolute atomic E-state index is 1.09. The molecule has 0 aliphatic heterocycles. The zero-order chi connectivity index (χ0) is 36.3. The van der Waals surface area contributed by atoms with Gasteiger partial charge in [0.25, 0.3) is 0 Å². The zero-order valence-corrected chi connectivity index (χ0v) is 30.0. The maximum atomic E-state index is 2.41. The number of benzene rings is 9. The highest BCUT2D eigenvalue weighted by molar-refractivity contribution is 6.14. The summed E-state index contributed by atoms with van der Waals surface area (Å²) in [6.45, 7) is 0. The Hall–Kier alpha value is -7.36. The van der Waals surface area contributed by atoms with Crippen LogP contribution < -0.4 is 4.90 Å². The van der Waals surface area contributed by atoms with E-state index in [1.165, 1.54) is 65.5 Å². The summed E-state index contributed by atoms with van der Waals surface area (Å²) in [5.41, 5.74) is 12.7. The predicted octanol–water partition coefficient (Wildman–Crippen LogP) is 14.2. The molecule has 0 fully saturated rings. The lowest BCUT2D eigenvalue weighted by molar-refractivity contribution is 1.17. The van der Waals surface area contributed by atoms with E-state index in [1.54, 1.807) is 0 Å². The lowest BCUT2D eigenvalue weighted by atomic mass is 10.0. The van der Waals surface area contributed by atoms with E-state index >= 15 is 0 Å². The fourth-order valence-corrected chi connectivity index (χ4v) is 8.52. The molecule has 0 radical (unpaired) electrons. The van der Waals surface area contributed by atoms with Gasteiger partial charge in [-0.25, -0.2) is 0 Å². The van der Waals surface area contributed by atoms with E-state index in [0.29, 0.717) is 0 Å². The highest BCUT2D eigenvalue weighted by atomic mass is 15.1. The summed E-state index contributed by atoms with van der Waals surface area (Å²) in [4.78, 5) is 2.38. The number of aromatic nitrogens is 2. The van der Waals surface area contributed by atoms with Gasteiger partial charge < -0.3 is 14.0 Å². The van der Waals surface area contributed by atoms with Gasteiger partial charge in [-0.2, -0.15) is 0 Å². The van der Waals surface area contributed by atoms with E-state index in [-0.39, 0.29) is 0 Å². The molecule has 9 aromatic carbocycles. The molecule has 2 heterocycles. The van der Waals surface area contributed by atoms with Crippen LogP contribution in [0.25, 0.3) is 76.9 Å². The van der Waals surface area contributed by atoms with Crippen molar-refractivity contribution >= 4 is 71.4 Å². The van der Waals surface area contributed by atoms with Crippen LogP contribution in [0.2, 0.25) is 0 Å². The van der Waals surface area contributed by atoms with E-state index in [9.17, 15) is 0 Å². The van der Waals surface area contributed by atoms with Crippen molar-refractivity contribution in [2.24, 2.45) is 0 Å². The predicted molar refractivity (Wildman–Crippen MR) is 233 cm³/mol. The quantitative estimate of drug-likeness (QED) is 0.168. The normalized spacial score (nSPS) is 11.6. The Labute approximate surface area is 319 Å². The van der Waals surface area contributed by atoms with E-state index in [4.69, 9.17) is 0 Å². The lowest BCUT2D eigenvalue weighted by Gasteiger charge is -2.26. The molecule has 11 rings (SSSR count). The maximum Gasteiger partial charge on any atom is 0.0561 e. The average Bonchev–Trinajstić information content (AvgIpc) is 3.76. The Morgan fingerprint density at radius 1 is 0.273 bits per heavy atom. The van der Waals surface area contributed by atoms with Gasteiger partial charge in [0.1, 0.15) is 0 Å². The molecule has 258 valence electrons. The summed E-state index contributed by atoms with van der Waals surface area (Å²) in [6.07, 6.45) is 0. The van der Waals surface area contributed by atoms with Crippen LogP contribution in [0.1, 0.15) is 0 Å². The van der Waals surface area contributed by atoms with Gasteiger partial charge in [-0.15, -0.1) is 0 Å². The summed E-state index contributed by atoms with van der Waals surface area (Å²) in [5.74, 6) is 0. The van der Waals surface area contributed by atoms with Gasteiger partial charge in [-0.3, -0.25) is 0 Å². The number of hydrogen-bond donors (Lipinski definition) is 0. The first-order valence-corrected chi connectivity index (χ1v) is 18.9. The van der Waals surface area contributed by atoms with Gasteiger partial charge in [-0.1, -0.05) is 127 Å². The van der Waals surface area contributed by atoms with Gasteiger partial charge in [0.15, 0.2) is 0 Å². The number of fused-ring (bicyclic) bond motifs is 7. The van der Waals surface area contributed by atoms with Crippen LogP contribution in [-0.4, -0.2) is 9.13 Å². The molecule has 55 heavy (non-hydrogen) atoms. The van der Waals surface area contributed by atoms with Crippen molar-refractivity contribution in [3.8, 4) is 22.5 Å². The minimum atomic E-state index is 1.09. The van der Waals surface area contributed by atoms with E-state index < -0.39 is 0 Å². The number of rotatable bonds is 6. The van der Waals surface area contributed by atoms with Crippen molar-refractivity contribution in [3.05, 3.63) is 212 Å². The van der Waals surface area contributed by atoms with E-state index in [2.05, 4.69) is 226 Å². The first-order chi connectivity index (χ1) is 27.3. The molecule has 3 heteroatoms. The molecular formula is C52H35N3. The lowest BCUT2D eigenvalue weighted by Crippen LogP contribution is -2.10. The van der Waals surface area contributed by atoms with Gasteiger partial charge in [0.2, 0.25) is 0 Å². The van der Waals surface area contributed by atoms with Crippen LogP contribution >= 0.6 is 0 Å². The highest BCUT2D eigenvalue weighted by Gasteiger charge is 2.19. The highest BCUT2D eigenvalue weighted by Crippen LogP contribution is 2.41. The second-order valence-corrected chi connectivity index (χ2v) is 14.2. The van der Waals surface area contributed by atoms with Crippen LogP contribution in [0.3, 0.4) is 0 Å². The fourth-order valence-electron chi connectivity index (χ4n) is 8.52. The van der Waals surface area contributed by atoms with Gasteiger partial charge >= 0.3 is 0 Å². The summed E-state index contributed by atoms with van der Waals surface area (Å²) < 4.78 is 4.80. The number of anilines is 3. The summed E-state index contributed by atoms with van der Waals surface area (Å²) in [6, 6.07) is 76.9.